The topological polar surface area (TPSA) is 52.9 Å². The van der Waals surface area contributed by atoms with Crippen molar-refractivity contribution in [2.45, 2.75) is 6.92 Å². The van der Waals surface area contributed by atoms with Gasteiger partial charge in [0.25, 0.3) is 0 Å². The van der Waals surface area contributed by atoms with Crippen LogP contribution in [0, 0.1) is 6.92 Å². The molecule has 2 heterocycles. The summed E-state index contributed by atoms with van der Waals surface area (Å²) in [4.78, 5) is 7.05. The van der Waals surface area contributed by atoms with Crippen molar-refractivity contribution in [1.82, 2.24) is 4.98 Å². The van der Waals surface area contributed by atoms with Crippen molar-refractivity contribution in [2.75, 3.05) is 0 Å². The van der Waals surface area contributed by atoms with Gasteiger partial charge in [0.05, 0.1) is 5.69 Å². The second kappa shape index (κ2) is 2.60. The lowest BCUT2D eigenvalue weighted by molar-refractivity contribution is 1.23. The fraction of sp³-hybridized carbons (Fsp3) is 0.143. The maximum Gasteiger partial charge on any atom is 0.242 e. The summed E-state index contributed by atoms with van der Waals surface area (Å²) < 4.78 is 0. The number of nitrogens with one attached hydrogen (secondary N) is 1. The van der Waals surface area contributed by atoms with Gasteiger partial charge in [-0.05, 0) is 31.3 Å². The van der Waals surface area contributed by atoms with Gasteiger partial charge >= 0.3 is 0 Å². The molecule has 0 saturated heterocycles. The molecule has 0 spiro atoms. The molecule has 1 N–H and O–H groups in total. The van der Waals surface area contributed by atoms with E-state index in [0.29, 0.717) is 5.84 Å². The molecular formula is C7H6N4S. The van der Waals surface area contributed by atoms with Gasteiger partial charge < -0.3 is 4.98 Å². The van der Waals surface area contributed by atoms with E-state index in [0.717, 1.165) is 11.4 Å². The number of hydrogen-bond acceptors (Lipinski definition) is 2. The van der Waals surface area contributed by atoms with Gasteiger partial charge in [0.2, 0.25) is 10.9 Å². The Balaban J connectivity index is 2.39. The monoisotopic (exact) mass is 178 g/mol. The highest BCUT2D eigenvalue weighted by Gasteiger charge is 2.10. The predicted octanol–water partition coefficient (Wildman–Crippen LogP) is 1.82. The molecule has 0 aromatic carbocycles. The van der Waals surface area contributed by atoms with Crippen molar-refractivity contribution in [3.63, 3.8) is 0 Å². The number of nitrogens with zero attached hydrogens (tertiary/aromatic N) is 3. The van der Waals surface area contributed by atoms with E-state index in [2.05, 4.69) is 20.2 Å². The van der Waals surface area contributed by atoms with Crippen LogP contribution >= 0.6 is 12.2 Å². The largest absolute Gasteiger partial charge is 0.356 e. The SMILES string of the molecule is Cc1ccc(C2=NC(=S)N=N2)[nH]1. The molecule has 0 unspecified atom stereocenters. The van der Waals surface area contributed by atoms with E-state index in [9.17, 15) is 0 Å². The number of aliphatic imine (C=N–C) groups is 1. The molecule has 0 amide bonds. The van der Waals surface area contributed by atoms with E-state index in [-0.39, 0.29) is 5.11 Å². The Morgan fingerprint density at radius 2 is 2.17 bits per heavy atom. The lowest BCUT2D eigenvalue weighted by Gasteiger charge is -1.87. The van der Waals surface area contributed by atoms with Gasteiger partial charge in [-0.1, -0.05) is 0 Å². The van der Waals surface area contributed by atoms with E-state index in [1.807, 2.05) is 19.1 Å². The van der Waals surface area contributed by atoms with Crippen LogP contribution in [0.15, 0.2) is 27.4 Å². The molecule has 1 aliphatic heterocycles. The summed E-state index contributed by atoms with van der Waals surface area (Å²) in [5.41, 5.74) is 1.93. The zero-order chi connectivity index (χ0) is 8.55. The smallest absolute Gasteiger partial charge is 0.242 e. The predicted molar refractivity (Wildman–Crippen MR) is 49.5 cm³/mol. The molecular weight excluding hydrogens is 172 g/mol. The Bertz CT molecular complexity index is 388. The second-order valence-corrected chi connectivity index (χ2v) is 2.84. The summed E-state index contributed by atoms with van der Waals surface area (Å²) in [5.74, 6) is 0.563. The summed E-state index contributed by atoms with van der Waals surface area (Å²) in [6.45, 7) is 1.97. The average molecular weight is 178 g/mol. The first-order valence-electron chi connectivity index (χ1n) is 3.46. The van der Waals surface area contributed by atoms with E-state index in [4.69, 9.17) is 12.2 Å². The maximum absolute atomic E-state index is 4.74. The Hall–Kier alpha value is -1.36. The minimum absolute atomic E-state index is 0.289. The fourth-order valence-electron chi connectivity index (χ4n) is 0.974. The van der Waals surface area contributed by atoms with Crippen LogP contribution in [-0.2, 0) is 0 Å². The average Bonchev–Trinajstić information content (AvgIpc) is 2.58. The van der Waals surface area contributed by atoms with E-state index >= 15 is 0 Å². The van der Waals surface area contributed by atoms with Crippen LogP contribution in [0.2, 0.25) is 0 Å². The lowest BCUT2D eigenvalue weighted by Crippen LogP contribution is -1.94. The summed E-state index contributed by atoms with van der Waals surface area (Å²) in [6, 6.07) is 3.86. The van der Waals surface area contributed by atoms with Gasteiger partial charge in [-0.15, -0.1) is 10.2 Å². The molecule has 60 valence electrons. The fourth-order valence-corrected chi connectivity index (χ4v) is 1.10. The van der Waals surface area contributed by atoms with Crippen molar-refractivity contribution in [1.29, 1.82) is 0 Å². The number of azo groups is 1. The van der Waals surface area contributed by atoms with Crippen LogP contribution < -0.4 is 0 Å². The van der Waals surface area contributed by atoms with E-state index in [1.165, 1.54) is 0 Å². The normalized spacial score (nSPS) is 15.4. The molecule has 0 radical (unpaired) electrons. The molecule has 5 heteroatoms. The van der Waals surface area contributed by atoms with Crippen molar-refractivity contribution in [3.8, 4) is 0 Å². The van der Waals surface area contributed by atoms with Gasteiger partial charge in [-0.3, -0.25) is 0 Å². The maximum atomic E-state index is 4.74. The molecule has 4 nitrogen and oxygen atoms in total. The van der Waals surface area contributed by atoms with Gasteiger partial charge in [-0.25, -0.2) is 0 Å². The first kappa shape index (κ1) is 7.30. The van der Waals surface area contributed by atoms with E-state index in [1.54, 1.807) is 0 Å². The molecule has 1 aromatic rings. The van der Waals surface area contributed by atoms with Gasteiger partial charge in [0.1, 0.15) is 0 Å². The minimum Gasteiger partial charge on any atom is -0.356 e. The summed E-state index contributed by atoms with van der Waals surface area (Å²) >= 11 is 4.74. The molecule has 0 bridgehead atoms. The molecule has 12 heavy (non-hydrogen) atoms. The van der Waals surface area contributed by atoms with Crippen LogP contribution in [0.25, 0.3) is 0 Å². The molecule has 1 aromatic heterocycles. The quantitative estimate of drug-likeness (QED) is 0.655. The van der Waals surface area contributed by atoms with Crippen LogP contribution in [0.3, 0.4) is 0 Å². The summed E-state index contributed by atoms with van der Waals surface area (Å²) in [5, 5.41) is 7.73. The molecule has 2 rings (SSSR count). The summed E-state index contributed by atoms with van der Waals surface area (Å²) in [6.07, 6.45) is 0. The minimum atomic E-state index is 0.289. The Kier molecular flexibility index (Phi) is 1.58. The van der Waals surface area contributed by atoms with Crippen LogP contribution in [0.4, 0.5) is 0 Å². The van der Waals surface area contributed by atoms with Crippen molar-refractivity contribution >= 4 is 23.2 Å². The number of aryl methyl sites for hydroxylation is 1. The van der Waals surface area contributed by atoms with Crippen LogP contribution in [-0.4, -0.2) is 15.9 Å². The first-order valence-corrected chi connectivity index (χ1v) is 3.87. The van der Waals surface area contributed by atoms with E-state index < -0.39 is 0 Å². The molecule has 0 saturated carbocycles. The van der Waals surface area contributed by atoms with Crippen molar-refractivity contribution in [3.05, 3.63) is 23.5 Å². The number of H-pyrrole nitrogens is 1. The van der Waals surface area contributed by atoms with Gasteiger partial charge in [0, 0.05) is 5.69 Å². The number of hydrogen-bond donors (Lipinski definition) is 1. The van der Waals surface area contributed by atoms with Gasteiger partial charge in [0.15, 0.2) is 0 Å². The molecule has 0 fully saturated rings. The van der Waals surface area contributed by atoms with Crippen LogP contribution in [0.1, 0.15) is 11.4 Å². The first-order chi connectivity index (χ1) is 5.75. The second-order valence-electron chi connectivity index (χ2n) is 2.47. The molecule has 0 aliphatic carbocycles. The third-order valence-corrected chi connectivity index (χ3v) is 1.68. The molecule has 1 aliphatic rings. The highest BCUT2D eigenvalue weighted by Crippen LogP contribution is 2.08. The summed E-state index contributed by atoms with van der Waals surface area (Å²) in [7, 11) is 0. The van der Waals surface area contributed by atoms with Crippen molar-refractivity contribution < 1.29 is 0 Å². The number of amidine groups is 1. The number of thiocarbonyl (C=S) groups is 1. The number of rotatable bonds is 1. The molecule has 0 atom stereocenters. The Morgan fingerprint density at radius 3 is 2.67 bits per heavy atom. The third-order valence-electron chi connectivity index (χ3n) is 1.50. The highest BCUT2D eigenvalue weighted by atomic mass is 32.1. The van der Waals surface area contributed by atoms with Crippen molar-refractivity contribution in [2.24, 2.45) is 15.2 Å². The Labute approximate surface area is 74.4 Å². The van der Waals surface area contributed by atoms with Crippen LogP contribution in [0.5, 0.6) is 0 Å². The zero-order valence-corrected chi connectivity index (χ0v) is 7.22. The van der Waals surface area contributed by atoms with Gasteiger partial charge in [-0.2, -0.15) is 4.99 Å². The number of aromatic amines is 1. The third kappa shape index (κ3) is 1.18. The Morgan fingerprint density at radius 1 is 1.33 bits per heavy atom. The lowest BCUT2D eigenvalue weighted by atomic mass is 10.4. The standard InChI is InChI=1S/C7H6N4S/c1-4-2-3-5(8-4)6-9-7(12)11-10-6/h2-3,8H,1H3. The zero-order valence-electron chi connectivity index (χ0n) is 6.40. The highest BCUT2D eigenvalue weighted by molar-refractivity contribution is 7.80. The number of aromatic nitrogens is 1.